The summed E-state index contributed by atoms with van der Waals surface area (Å²) in [5.41, 5.74) is -1.36. The van der Waals surface area contributed by atoms with Crippen molar-refractivity contribution in [3.05, 3.63) is 35.2 Å². The third-order valence-corrected chi connectivity index (χ3v) is 4.96. The number of aromatic nitrogens is 2. The van der Waals surface area contributed by atoms with Crippen LogP contribution in [0.4, 0.5) is 18.9 Å². The number of anilines is 1. The van der Waals surface area contributed by atoms with Gasteiger partial charge in [-0.2, -0.15) is 21.6 Å². The molecule has 2 rings (SSSR count). The summed E-state index contributed by atoms with van der Waals surface area (Å²) >= 11 is 5.86. The van der Waals surface area contributed by atoms with Crippen molar-refractivity contribution in [1.82, 2.24) is 9.55 Å². The number of imidazole rings is 1. The molecule has 1 heterocycles. The number of halogens is 4. The number of hydrogen-bond acceptors (Lipinski definition) is 4. The lowest BCUT2D eigenvalue weighted by atomic mass is 10.2. The predicted molar refractivity (Wildman–Crippen MR) is 86.3 cm³/mol. The number of rotatable bonds is 6. The molecule has 0 bridgehead atoms. The molecule has 2 aromatic rings. The fourth-order valence-electron chi connectivity index (χ4n) is 1.89. The van der Waals surface area contributed by atoms with Gasteiger partial charge < -0.3 is 9.30 Å². The summed E-state index contributed by atoms with van der Waals surface area (Å²) in [6, 6.07) is 2.55. The lowest BCUT2D eigenvalue weighted by molar-refractivity contribution is -0.137. The van der Waals surface area contributed by atoms with Crippen molar-refractivity contribution in [2.45, 2.75) is 24.5 Å². The quantitative estimate of drug-likeness (QED) is 0.807. The summed E-state index contributed by atoms with van der Waals surface area (Å²) in [4.78, 5) is 3.66. The molecule has 0 atom stereocenters. The van der Waals surface area contributed by atoms with Crippen LogP contribution in [-0.2, 0) is 23.2 Å². The van der Waals surface area contributed by atoms with Gasteiger partial charge in [0, 0.05) is 7.05 Å². The molecule has 0 aliphatic heterocycles. The minimum Gasteiger partial charge on any atom is -0.491 e. The van der Waals surface area contributed by atoms with Crippen molar-refractivity contribution in [2.24, 2.45) is 7.05 Å². The highest BCUT2D eigenvalue weighted by Crippen LogP contribution is 2.36. The maximum Gasteiger partial charge on any atom is 0.416 e. The van der Waals surface area contributed by atoms with E-state index in [1.54, 1.807) is 0 Å². The zero-order valence-corrected chi connectivity index (χ0v) is 14.8. The lowest BCUT2D eigenvalue weighted by Gasteiger charge is -2.15. The van der Waals surface area contributed by atoms with Gasteiger partial charge in [-0.1, -0.05) is 18.5 Å². The highest BCUT2D eigenvalue weighted by molar-refractivity contribution is 7.92. The van der Waals surface area contributed by atoms with Crippen LogP contribution in [0.2, 0.25) is 5.15 Å². The van der Waals surface area contributed by atoms with Crippen LogP contribution < -0.4 is 9.46 Å². The molecule has 0 fully saturated rings. The first-order valence-electron chi connectivity index (χ1n) is 7.10. The van der Waals surface area contributed by atoms with Gasteiger partial charge in [0.25, 0.3) is 10.0 Å². The summed E-state index contributed by atoms with van der Waals surface area (Å²) in [5, 5.41) is -0.661. The number of aryl methyl sites for hydroxylation is 1. The molecule has 0 aliphatic rings. The molecule has 0 radical (unpaired) electrons. The fraction of sp³-hybridized carbons (Fsp3) is 0.357. The Morgan fingerprint density at radius 2 is 2.04 bits per heavy atom. The van der Waals surface area contributed by atoms with Crippen LogP contribution in [0.1, 0.15) is 18.9 Å². The van der Waals surface area contributed by atoms with E-state index in [2.05, 4.69) is 9.71 Å². The van der Waals surface area contributed by atoms with Crippen molar-refractivity contribution in [1.29, 1.82) is 0 Å². The van der Waals surface area contributed by atoms with Gasteiger partial charge in [-0.3, -0.25) is 4.72 Å². The second kappa shape index (κ2) is 7.12. The standard InChI is InChI=1S/C14H15ClF3N3O3S/c1-3-6-24-11-5-4-9(14(16,17)18)7-10(11)20-25(22,23)13-12(15)21(2)8-19-13/h4-5,7-8,20H,3,6H2,1-2H3. The van der Waals surface area contributed by atoms with Crippen molar-refractivity contribution in [3.63, 3.8) is 0 Å². The molecule has 25 heavy (non-hydrogen) atoms. The van der Waals surface area contributed by atoms with E-state index in [9.17, 15) is 21.6 Å². The van der Waals surface area contributed by atoms with E-state index in [1.165, 1.54) is 17.9 Å². The van der Waals surface area contributed by atoms with Gasteiger partial charge in [-0.05, 0) is 24.6 Å². The van der Waals surface area contributed by atoms with Crippen LogP contribution in [0.25, 0.3) is 0 Å². The molecular formula is C14H15ClF3N3O3S. The van der Waals surface area contributed by atoms with Crippen LogP contribution in [0.5, 0.6) is 5.75 Å². The highest BCUT2D eigenvalue weighted by Gasteiger charge is 2.32. The van der Waals surface area contributed by atoms with Gasteiger partial charge in [0.05, 0.1) is 24.2 Å². The first-order valence-corrected chi connectivity index (χ1v) is 8.96. The maximum atomic E-state index is 12.9. The molecule has 1 aromatic carbocycles. The molecule has 11 heteroatoms. The number of nitrogens with one attached hydrogen (secondary N) is 1. The molecule has 0 amide bonds. The van der Waals surface area contributed by atoms with E-state index in [0.717, 1.165) is 12.1 Å². The van der Waals surface area contributed by atoms with Crippen molar-refractivity contribution < 1.29 is 26.3 Å². The molecular weight excluding hydrogens is 383 g/mol. The van der Waals surface area contributed by atoms with Gasteiger partial charge in [0.1, 0.15) is 10.9 Å². The maximum absolute atomic E-state index is 12.9. The third-order valence-electron chi connectivity index (χ3n) is 3.10. The summed E-state index contributed by atoms with van der Waals surface area (Å²) in [7, 11) is -2.81. The molecule has 138 valence electrons. The summed E-state index contributed by atoms with van der Waals surface area (Å²) < 4.78 is 72.2. The number of hydrogen-bond donors (Lipinski definition) is 1. The molecule has 6 nitrogen and oxygen atoms in total. The summed E-state index contributed by atoms with van der Waals surface area (Å²) in [6.07, 6.45) is -2.86. The van der Waals surface area contributed by atoms with Crippen LogP contribution >= 0.6 is 11.6 Å². The predicted octanol–water partition coefficient (Wildman–Crippen LogP) is 3.68. The number of ether oxygens (including phenoxy) is 1. The number of benzene rings is 1. The van der Waals surface area contributed by atoms with E-state index >= 15 is 0 Å². The monoisotopic (exact) mass is 397 g/mol. The third kappa shape index (κ3) is 4.37. The average Bonchev–Trinajstić information content (AvgIpc) is 2.85. The van der Waals surface area contributed by atoms with E-state index in [0.29, 0.717) is 12.5 Å². The summed E-state index contributed by atoms with van der Waals surface area (Å²) in [5.74, 6) is -0.0227. The normalized spacial score (nSPS) is 12.2. The molecule has 0 spiro atoms. The Bertz CT molecular complexity index is 866. The van der Waals surface area contributed by atoms with E-state index in [1.807, 2.05) is 6.92 Å². The van der Waals surface area contributed by atoms with E-state index in [4.69, 9.17) is 16.3 Å². The molecule has 0 saturated heterocycles. The second-order valence-corrected chi connectivity index (χ2v) is 7.07. The van der Waals surface area contributed by atoms with Crippen molar-refractivity contribution >= 4 is 27.3 Å². The van der Waals surface area contributed by atoms with Crippen LogP contribution in [0.15, 0.2) is 29.6 Å². The van der Waals surface area contributed by atoms with Gasteiger partial charge in [-0.25, -0.2) is 4.98 Å². The minimum absolute atomic E-state index is 0.0227. The van der Waals surface area contributed by atoms with Gasteiger partial charge in [0.15, 0.2) is 0 Å². The van der Waals surface area contributed by atoms with Crippen LogP contribution in [0.3, 0.4) is 0 Å². The number of alkyl halides is 3. The molecule has 0 aliphatic carbocycles. The lowest BCUT2D eigenvalue weighted by Crippen LogP contribution is -2.16. The first-order chi connectivity index (χ1) is 11.6. The average molecular weight is 398 g/mol. The highest BCUT2D eigenvalue weighted by atomic mass is 35.5. The van der Waals surface area contributed by atoms with Gasteiger partial charge in [0.2, 0.25) is 5.03 Å². The second-order valence-electron chi connectivity index (χ2n) is 5.11. The van der Waals surface area contributed by atoms with Crippen molar-refractivity contribution in [2.75, 3.05) is 11.3 Å². The van der Waals surface area contributed by atoms with E-state index < -0.39 is 26.8 Å². The Morgan fingerprint density at radius 3 is 2.56 bits per heavy atom. The number of nitrogens with zero attached hydrogens (tertiary/aromatic N) is 2. The van der Waals surface area contributed by atoms with Crippen LogP contribution in [-0.4, -0.2) is 24.6 Å². The Kier molecular flexibility index (Phi) is 5.52. The molecule has 0 unspecified atom stereocenters. The molecule has 1 aromatic heterocycles. The smallest absolute Gasteiger partial charge is 0.416 e. The Hall–Kier alpha value is -1.94. The Labute approximate surface area is 147 Å². The number of sulfonamides is 1. The zero-order chi connectivity index (χ0) is 18.8. The Morgan fingerprint density at radius 1 is 1.36 bits per heavy atom. The van der Waals surface area contributed by atoms with Crippen molar-refractivity contribution in [3.8, 4) is 5.75 Å². The topological polar surface area (TPSA) is 73.2 Å². The largest absolute Gasteiger partial charge is 0.491 e. The summed E-state index contributed by atoms with van der Waals surface area (Å²) in [6.45, 7) is 2.02. The first kappa shape index (κ1) is 19.4. The van der Waals surface area contributed by atoms with Crippen LogP contribution in [0, 0.1) is 0 Å². The molecule has 1 N–H and O–H groups in total. The molecule has 0 saturated carbocycles. The van der Waals surface area contributed by atoms with E-state index in [-0.39, 0.29) is 23.2 Å². The fourth-order valence-corrected chi connectivity index (χ4v) is 3.39. The van der Waals surface area contributed by atoms with Gasteiger partial charge >= 0.3 is 6.18 Å². The SMILES string of the molecule is CCCOc1ccc(C(F)(F)F)cc1NS(=O)(=O)c1ncn(C)c1Cl. The zero-order valence-electron chi connectivity index (χ0n) is 13.3. The van der Waals surface area contributed by atoms with Gasteiger partial charge in [-0.15, -0.1) is 0 Å². The Balaban J connectivity index is 2.46. The minimum atomic E-state index is -4.63.